The van der Waals surface area contributed by atoms with Crippen molar-refractivity contribution in [3.05, 3.63) is 51.3 Å². The second-order valence-electron chi connectivity index (χ2n) is 5.67. The summed E-state index contributed by atoms with van der Waals surface area (Å²) in [6.07, 6.45) is 3.30. The molecule has 0 saturated carbocycles. The Morgan fingerprint density at radius 2 is 1.96 bits per heavy atom. The van der Waals surface area contributed by atoms with E-state index in [1.807, 2.05) is 12.1 Å². The minimum absolute atomic E-state index is 0.0556. The number of aromatic nitrogens is 2. The molecule has 2 aromatic rings. The summed E-state index contributed by atoms with van der Waals surface area (Å²) in [6.45, 7) is 1.60. The van der Waals surface area contributed by atoms with Crippen LogP contribution in [0, 0.1) is 10.1 Å². The van der Waals surface area contributed by atoms with E-state index in [1.54, 1.807) is 12.1 Å². The van der Waals surface area contributed by atoms with Gasteiger partial charge in [-0.1, -0.05) is 23.7 Å². The molecular formula is C16H18ClN5O3. The van der Waals surface area contributed by atoms with Gasteiger partial charge in [0.05, 0.1) is 11.0 Å². The van der Waals surface area contributed by atoms with Gasteiger partial charge < -0.3 is 15.4 Å². The predicted molar refractivity (Wildman–Crippen MR) is 94.9 cm³/mol. The average molecular weight is 364 g/mol. The van der Waals surface area contributed by atoms with Crippen LogP contribution in [-0.2, 0) is 11.3 Å². The second-order valence-corrected chi connectivity index (χ2v) is 6.11. The lowest BCUT2D eigenvalue weighted by molar-refractivity contribution is -0.383. The summed E-state index contributed by atoms with van der Waals surface area (Å²) in [7, 11) is 0. The highest BCUT2D eigenvalue weighted by Crippen LogP contribution is 2.29. The van der Waals surface area contributed by atoms with Crippen LogP contribution in [0.4, 0.5) is 17.3 Å². The molecule has 1 aromatic heterocycles. The van der Waals surface area contributed by atoms with Crippen LogP contribution in [0.5, 0.6) is 0 Å². The third kappa shape index (κ3) is 4.55. The third-order valence-corrected chi connectivity index (χ3v) is 4.15. The molecule has 1 aromatic carbocycles. The molecule has 0 spiro atoms. The third-order valence-electron chi connectivity index (χ3n) is 3.90. The van der Waals surface area contributed by atoms with Gasteiger partial charge in [0.15, 0.2) is 0 Å². The van der Waals surface area contributed by atoms with Crippen molar-refractivity contribution in [2.24, 2.45) is 0 Å². The van der Waals surface area contributed by atoms with E-state index in [-0.39, 0.29) is 23.4 Å². The first-order valence-corrected chi connectivity index (χ1v) is 8.34. The zero-order valence-electron chi connectivity index (χ0n) is 13.4. The monoisotopic (exact) mass is 363 g/mol. The topological polar surface area (TPSA) is 102 Å². The molecule has 0 radical (unpaired) electrons. The molecule has 2 N–H and O–H groups in total. The molecule has 1 fully saturated rings. The van der Waals surface area contributed by atoms with Gasteiger partial charge in [0, 0.05) is 24.7 Å². The number of hydrogen-bond acceptors (Lipinski definition) is 7. The van der Waals surface area contributed by atoms with E-state index < -0.39 is 4.92 Å². The fourth-order valence-electron chi connectivity index (χ4n) is 2.61. The number of benzene rings is 1. The number of ether oxygens (including phenoxy) is 1. The van der Waals surface area contributed by atoms with Crippen molar-refractivity contribution in [2.75, 3.05) is 23.8 Å². The number of nitrogens with zero attached hydrogens (tertiary/aromatic N) is 3. The Kier molecular flexibility index (Phi) is 5.62. The van der Waals surface area contributed by atoms with Crippen LogP contribution in [0.1, 0.15) is 18.4 Å². The average Bonchev–Trinajstić information content (AvgIpc) is 3.12. The molecule has 1 aliphatic heterocycles. The van der Waals surface area contributed by atoms with Crippen LogP contribution in [0.25, 0.3) is 0 Å². The lowest BCUT2D eigenvalue weighted by Gasteiger charge is -2.13. The Balaban J connectivity index is 1.72. The number of anilines is 2. The maximum absolute atomic E-state index is 11.5. The quantitative estimate of drug-likeness (QED) is 0.575. The van der Waals surface area contributed by atoms with Crippen molar-refractivity contribution < 1.29 is 9.66 Å². The summed E-state index contributed by atoms with van der Waals surface area (Å²) in [5, 5.41) is 18.1. The van der Waals surface area contributed by atoms with Gasteiger partial charge >= 0.3 is 5.69 Å². The summed E-state index contributed by atoms with van der Waals surface area (Å²) in [5.74, 6) is 0.360. The first-order chi connectivity index (χ1) is 12.1. The van der Waals surface area contributed by atoms with Gasteiger partial charge in [-0.05, 0) is 30.5 Å². The Morgan fingerprint density at radius 1 is 1.24 bits per heavy atom. The Morgan fingerprint density at radius 3 is 2.60 bits per heavy atom. The zero-order chi connectivity index (χ0) is 17.6. The largest absolute Gasteiger partial charge is 0.376 e. The van der Waals surface area contributed by atoms with Gasteiger partial charge in [0.1, 0.15) is 6.33 Å². The van der Waals surface area contributed by atoms with Crippen molar-refractivity contribution in [3.63, 3.8) is 0 Å². The number of halogens is 1. The highest BCUT2D eigenvalue weighted by Gasteiger charge is 2.24. The normalized spacial score (nSPS) is 16.6. The zero-order valence-corrected chi connectivity index (χ0v) is 14.2. The van der Waals surface area contributed by atoms with Gasteiger partial charge in [-0.3, -0.25) is 10.1 Å². The van der Waals surface area contributed by atoms with Crippen LogP contribution in [0.15, 0.2) is 30.6 Å². The van der Waals surface area contributed by atoms with Crippen molar-refractivity contribution in [1.29, 1.82) is 0 Å². The summed E-state index contributed by atoms with van der Waals surface area (Å²) >= 11 is 5.86. The van der Waals surface area contributed by atoms with Crippen LogP contribution in [-0.4, -0.2) is 34.1 Å². The van der Waals surface area contributed by atoms with Gasteiger partial charge in [-0.15, -0.1) is 0 Å². The SMILES string of the molecule is O=[N+]([O-])c1c(NCc2ccc(Cl)cc2)ncnc1NCC1CCCO1. The lowest BCUT2D eigenvalue weighted by atomic mass is 10.2. The Hall–Kier alpha value is -2.45. The number of nitro groups is 1. The van der Waals surface area contributed by atoms with Gasteiger partial charge in [-0.2, -0.15) is 0 Å². The molecule has 1 saturated heterocycles. The van der Waals surface area contributed by atoms with Gasteiger partial charge in [-0.25, -0.2) is 9.97 Å². The molecule has 3 rings (SSSR count). The van der Waals surface area contributed by atoms with E-state index in [0.717, 1.165) is 25.0 Å². The molecule has 9 heteroatoms. The van der Waals surface area contributed by atoms with Crippen molar-refractivity contribution >= 4 is 28.9 Å². The number of rotatable bonds is 7. The highest BCUT2D eigenvalue weighted by molar-refractivity contribution is 6.30. The summed E-state index contributed by atoms with van der Waals surface area (Å²) in [5.41, 5.74) is 0.764. The fourth-order valence-corrected chi connectivity index (χ4v) is 2.74. The summed E-state index contributed by atoms with van der Waals surface area (Å²) in [6, 6.07) is 7.22. The molecule has 0 aliphatic carbocycles. The van der Waals surface area contributed by atoms with Crippen LogP contribution in [0.2, 0.25) is 5.02 Å². The van der Waals surface area contributed by atoms with Gasteiger partial charge in [0.25, 0.3) is 0 Å². The first kappa shape index (κ1) is 17.4. The molecule has 1 aliphatic rings. The maximum atomic E-state index is 11.5. The second kappa shape index (κ2) is 8.09. The van der Waals surface area contributed by atoms with Gasteiger partial charge in [0.2, 0.25) is 11.6 Å². The molecule has 25 heavy (non-hydrogen) atoms. The van der Waals surface area contributed by atoms with Crippen molar-refractivity contribution in [2.45, 2.75) is 25.5 Å². The van der Waals surface area contributed by atoms with E-state index in [0.29, 0.717) is 18.1 Å². The molecule has 1 unspecified atom stereocenters. The Labute approximate surface area is 149 Å². The maximum Gasteiger partial charge on any atom is 0.353 e. The minimum Gasteiger partial charge on any atom is -0.376 e. The standard InChI is InChI=1S/C16H18ClN5O3/c17-12-5-3-11(4-6-12)8-18-15-14(22(23)24)16(21-10-20-15)19-9-13-2-1-7-25-13/h3-6,10,13H,1-2,7-9H2,(H2,18,19,20,21). The first-order valence-electron chi connectivity index (χ1n) is 7.96. The van der Waals surface area contributed by atoms with E-state index >= 15 is 0 Å². The molecule has 0 bridgehead atoms. The van der Waals surface area contributed by atoms with E-state index in [2.05, 4.69) is 20.6 Å². The fraction of sp³-hybridized carbons (Fsp3) is 0.375. The number of hydrogen-bond donors (Lipinski definition) is 2. The summed E-state index contributed by atoms with van der Waals surface area (Å²) < 4.78 is 5.52. The van der Waals surface area contributed by atoms with E-state index in [9.17, 15) is 10.1 Å². The predicted octanol–water partition coefficient (Wildman–Crippen LogP) is 3.24. The van der Waals surface area contributed by atoms with Crippen LogP contribution >= 0.6 is 11.6 Å². The molecule has 0 amide bonds. The smallest absolute Gasteiger partial charge is 0.353 e. The van der Waals surface area contributed by atoms with Crippen LogP contribution < -0.4 is 10.6 Å². The molecule has 8 nitrogen and oxygen atoms in total. The van der Waals surface area contributed by atoms with E-state index in [1.165, 1.54) is 6.33 Å². The summed E-state index contributed by atoms with van der Waals surface area (Å²) in [4.78, 5) is 19.0. The highest BCUT2D eigenvalue weighted by atomic mass is 35.5. The van der Waals surface area contributed by atoms with Crippen molar-refractivity contribution in [1.82, 2.24) is 9.97 Å². The van der Waals surface area contributed by atoms with Crippen molar-refractivity contribution in [3.8, 4) is 0 Å². The molecular weight excluding hydrogens is 346 g/mol. The molecule has 2 heterocycles. The minimum atomic E-state index is -0.484. The lowest BCUT2D eigenvalue weighted by Crippen LogP contribution is -2.20. The Bertz CT molecular complexity index is 735. The van der Waals surface area contributed by atoms with Crippen LogP contribution in [0.3, 0.4) is 0 Å². The molecule has 132 valence electrons. The molecule has 1 atom stereocenters. The number of nitrogens with one attached hydrogen (secondary N) is 2. The van der Waals surface area contributed by atoms with E-state index in [4.69, 9.17) is 16.3 Å².